The van der Waals surface area contributed by atoms with Crippen LogP contribution in [0.2, 0.25) is 0 Å². The minimum atomic E-state index is -0.316. The first-order chi connectivity index (χ1) is 9.26. The van der Waals surface area contributed by atoms with Crippen LogP contribution in [0.1, 0.15) is 37.7 Å². The van der Waals surface area contributed by atoms with Gasteiger partial charge in [-0.3, -0.25) is 4.79 Å². The Hall–Kier alpha value is -1.82. The first-order valence-electron chi connectivity index (χ1n) is 7.02. The molecule has 0 heterocycles. The number of nitrogens with zero attached hydrogens (tertiary/aromatic N) is 1. The normalized spacial score (nSPS) is 27.5. The molecule has 1 aromatic carbocycles. The first-order valence-corrected chi connectivity index (χ1v) is 7.02. The number of rotatable bonds is 3. The van der Waals surface area contributed by atoms with Gasteiger partial charge in [-0.15, -0.1) is 0 Å². The largest absolute Gasteiger partial charge is 0.351 e. The third-order valence-electron chi connectivity index (χ3n) is 4.51. The highest BCUT2D eigenvalue weighted by Gasteiger charge is 2.51. The van der Waals surface area contributed by atoms with E-state index in [4.69, 9.17) is 5.26 Å². The number of nitrogens with one attached hydrogen (secondary N) is 1. The van der Waals surface area contributed by atoms with Gasteiger partial charge in [-0.25, -0.2) is 0 Å². The van der Waals surface area contributed by atoms with Crippen molar-refractivity contribution in [3.05, 3.63) is 35.9 Å². The Kier molecular flexibility index (Phi) is 3.02. The molecule has 0 saturated heterocycles. The summed E-state index contributed by atoms with van der Waals surface area (Å²) in [6.45, 7) is 0. The molecule has 2 aliphatic rings. The summed E-state index contributed by atoms with van der Waals surface area (Å²) < 4.78 is 0. The van der Waals surface area contributed by atoms with E-state index in [0.29, 0.717) is 0 Å². The minimum absolute atomic E-state index is 0.00415. The SMILES string of the molecule is N#CC1CCCC1NC(=O)C1(c2ccccc2)CC1. The van der Waals surface area contributed by atoms with Gasteiger partial charge in [0.15, 0.2) is 0 Å². The van der Waals surface area contributed by atoms with E-state index in [1.807, 2.05) is 30.3 Å². The zero-order valence-electron chi connectivity index (χ0n) is 10.9. The molecule has 0 aliphatic heterocycles. The molecule has 2 aliphatic carbocycles. The van der Waals surface area contributed by atoms with Gasteiger partial charge in [-0.1, -0.05) is 30.3 Å². The van der Waals surface area contributed by atoms with Crippen LogP contribution < -0.4 is 5.32 Å². The summed E-state index contributed by atoms with van der Waals surface area (Å²) >= 11 is 0. The van der Waals surface area contributed by atoms with Crippen molar-refractivity contribution in [2.75, 3.05) is 0 Å². The Morgan fingerprint density at radius 3 is 2.63 bits per heavy atom. The standard InChI is InChI=1S/C16H18N2O/c17-11-12-5-4-8-14(12)18-15(19)16(9-10-16)13-6-2-1-3-7-13/h1-3,6-7,12,14H,4-5,8-10H2,(H,18,19). The second-order valence-corrected chi connectivity index (χ2v) is 5.69. The third-order valence-corrected chi connectivity index (χ3v) is 4.51. The summed E-state index contributed by atoms with van der Waals surface area (Å²) in [4.78, 5) is 12.5. The smallest absolute Gasteiger partial charge is 0.230 e. The van der Waals surface area contributed by atoms with Crippen molar-refractivity contribution in [2.45, 2.75) is 43.6 Å². The van der Waals surface area contributed by atoms with E-state index in [-0.39, 0.29) is 23.3 Å². The van der Waals surface area contributed by atoms with Crippen LogP contribution in [0.15, 0.2) is 30.3 Å². The molecule has 2 atom stereocenters. The fourth-order valence-electron chi connectivity index (χ4n) is 3.12. The van der Waals surface area contributed by atoms with Crippen LogP contribution in [0.4, 0.5) is 0 Å². The van der Waals surface area contributed by atoms with E-state index in [2.05, 4.69) is 11.4 Å². The molecule has 3 rings (SSSR count). The van der Waals surface area contributed by atoms with Crippen molar-refractivity contribution in [1.29, 1.82) is 5.26 Å². The van der Waals surface area contributed by atoms with Gasteiger partial charge in [0.05, 0.1) is 17.4 Å². The number of amides is 1. The Balaban J connectivity index is 1.73. The highest BCUT2D eigenvalue weighted by Crippen LogP contribution is 2.48. The number of hydrogen-bond acceptors (Lipinski definition) is 2. The van der Waals surface area contributed by atoms with E-state index < -0.39 is 0 Å². The summed E-state index contributed by atoms with van der Waals surface area (Å²) in [7, 11) is 0. The topological polar surface area (TPSA) is 52.9 Å². The fraction of sp³-hybridized carbons (Fsp3) is 0.500. The molecule has 19 heavy (non-hydrogen) atoms. The number of carbonyl (C=O) groups excluding carboxylic acids is 1. The van der Waals surface area contributed by atoms with Crippen molar-refractivity contribution < 1.29 is 4.79 Å². The van der Waals surface area contributed by atoms with Crippen molar-refractivity contribution >= 4 is 5.91 Å². The van der Waals surface area contributed by atoms with E-state index in [1.165, 1.54) is 0 Å². The quantitative estimate of drug-likeness (QED) is 0.901. The van der Waals surface area contributed by atoms with E-state index in [0.717, 1.165) is 37.7 Å². The number of hydrogen-bond donors (Lipinski definition) is 1. The Bertz CT molecular complexity index is 513. The third kappa shape index (κ3) is 2.12. The van der Waals surface area contributed by atoms with E-state index in [1.54, 1.807) is 0 Å². The molecule has 1 aromatic rings. The summed E-state index contributed by atoms with van der Waals surface area (Å²) in [6, 6.07) is 12.4. The zero-order valence-corrected chi connectivity index (χ0v) is 10.9. The van der Waals surface area contributed by atoms with Gasteiger partial charge < -0.3 is 5.32 Å². The molecule has 1 N–H and O–H groups in total. The molecule has 98 valence electrons. The average molecular weight is 254 g/mol. The molecule has 0 radical (unpaired) electrons. The van der Waals surface area contributed by atoms with Gasteiger partial charge in [0.1, 0.15) is 0 Å². The molecule has 0 spiro atoms. The number of benzene rings is 1. The maximum Gasteiger partial charge on any atom is 0.230 e. The lowest BCUT2D eigenvalue weighted by atomic mass is 9.94. The second-order valence-electron chi connectivity index (χ2n) is 5.69. The van der Waals surface area contributed by atoms with Crippen LogP contribution in [0.3, 0.4) is 0 Å². The van der Waals surface area contributed by atoms with Gasteiger partial charge in [-0.2, -0.15) is 5.26 Å². The second kappa shape index (κ2) is 4.70. The molecule has 1 amide bonds. The maximum atomic E-state index is 12.5. The lowest BCUT2D eigenvalue weighted by Crippen LogP contribution is -2.43. The van der Waals surface area contributed by atoms with Gasteiger partial charge in [0.25, 0.3) is 0 Å². The predicted octanol–water partition coefficient (Wildman–Crippen LogP) is 2.53. The number of nitriles is 1. The van der Waals surface area contributed by atoms with E-state index >= 15 is 0 Å². The van der Waals surface area contributed by atoms with Crippen molar-refractivity contribution in [2.24, 2.45) is 5.92 Å². The molecule has 3 nitrogen and oxygen atoms in total. The van der Waals surface area contributed by atoms with Crippen LogP contribution >= 0.6 is 0 Å². The summed E-state index contributed by atoms with van der Waals surface area (Å²) in [5.41, 5.74) is 0.795. The Morgan fingerprint density at radius 2 is 2.00 bits per heavy atom. The van der Waals surface area contributed by atoms with Gasteiger partial charge in [-0.05, 0) is 37.7 Å². The Morgan fingerprint density at radius 1 is 1.26 bits per heavy atom. The Labute approximate surface area is 113 Å². The van der Waals surface area contributed by atoms with Gasteiger partial charge in [0.2, 0.25) is 5.91 Å². The zero-order chi connectivity index (χ0) is 13.3. The molecule has 2 fully saturated rings. The van der Waals surface area contributed by atoms with Crippen molar-refractivity contribution in [1.82, 2.24) is 5.32 Å². The average Bonchev–Trinajstić information content (AvgIpc) is 3.15. The molecular weight excluding hydrogens is 236 g/mol. The fourth-order valence-corrected chi connectivity index (χ4v) is 3.12. The summed E-state index contributed by atoms with van der Waals surface area (Å²) in [5, 5.41) is 12.2. The predicted molar refractivity (Wildman–Crippen MR) is 72.2 cm³/mol. The van der Waals surface area contributed by atoms with Crippen LogP contribution in [0.5, 0.6) is 0 Å². The van der Waals surface area contributed by atoms with Crippen LogP contribution in [-0.2, 0) is 10.2 Å². The molecule has 2 unspecified atom stereocenters. The molecular formula is C16H18N2O. The van der Waals surface area contributed by atoms with Crippen molar-refractivity contribution in [3.8, 4) is 6.07 Å². The lowest BCUT2D eigenvalue weighted by Gasteiger charge is -2.21. The molecule has 0 bridgehead atoms. The van der Waals surface area contributed by atoms with Gasteiger partial charge in [0, 0.05) is 6.04 Å². The van der Waals surface area contributed by atoms with Gasteiger partial charge >= 0.3 is 0 Å². The van der Waals surface area contributed by atoms with Crippen LogP contribution in [0, 0.1) is 17.2 Å². The highest BCUT2D eigenvalue weighted by atomic mass is 16.2. The number of carbonyl (C=O) groups is 1. The molecule has 3 heteroatoms. The first kappa shape index (κ1) is 12.2. The monoisotopic (exact) mass is 254 g/mol. The van der Waals surface area contributed by atoms with Crippen LogP contribution in [-0.4, -0.2) is 11.9 Å². The van der Waals surface area contributed by atoms with E-state index in [9.17, 15) is 4.79 Å². The minimum Gasteiger partial charge on any atom is -0.351 e. The summed E-state index contributed by atoms with van der Waals surface area (Å²) in [5.74, 6) is 0.112. The highest BCUT2D eigenvalue weighted by molar-refractivity contribution is 5.91. The lowest BCUT2D eigenvalue weighted by molar-refractivity contribution is -0.124. The van der Waals surface area contributed by atoms with Crippen molar-refractivity contribution in [3.63, 3.8) is 0 Å². The summed E-state index contributed by atoms with van der Waals surface area (Å²) in [6.07, 6.45) is 4.75. The van der Waals surface area contributed by atoms with Crippen LogP contribution in [0.25, 0.3) is 0 Å². The molecule has 2 saturated carbocycles. The molecule has 0 aromatic heterocycles. The maximum absolute atomic E-state index is 12.5.